The number of likely N-dealkylation sites (tertiary alicyclic amines) is 1. The molecule has 2 aromatic carbocycles. The molecule has 1 aromatic heterocycles. The molecule has 1 saturated heterocycles. The lowest BCUT2D eigenvalue weighted by molar-refractivity contribution is -0.121. The summed E-state index contributed by atoms with van der Waals surface area (Å²) in [4.78, 5) is 44.7. The van der Waals surface area contributed by atoms with E-state index in [0.717, 1.165) is 29.2 Å². The van der Waals surface area contributed by atoms with Crippen LogP contribution in [0, 0.1) is 18.8 Å². The molecule has 0 unspecified atom stereocenters. The monoisotopic (exact) mass is 456 g/mol. The molecule has 174 valence electrons. The van der Waals surface area contributed by atoms with Crippen LogP contribution in [0.5, 0.6) is 0 Å². The maximum absolute atomic E-state index is 13.5. The van der Waals surface area contributed by atoms with Crippen LogP contribution in [-0.4, -0.2) is 40.7 Å². The van der Waals surface area contributed by atoms with Gasteiger partial charge in [-0.1, -0.05) is 24.3 Å². The average molecular weight is 457 g/mol. The van der Waals surface area contributed by atoms with Crippen molar-refractivity contribution in [1.82, 2.24) is 9.88 Å². The summed E-state index contributed by atoms with van der Waals surface area (Å²) >= 11 is 0. The second-order valence-electron chi connectivity index (χ2n) is 9.28. The van der Waals surface area contributed by atoms with Crippen molar-refractivity contribution in [1.29, 1.82) is 0 Å². The highest BCUT2D eigenvalue weighted by molar-refractivity contribution is 6.08. The Labute approximate surface area is 198 Å². The highest BCUT2D eigenvalue weighted by Crippen LogP contribution is 2.32. The van der Waals surface area contributed by atoms with Gasteiger partial charge in [-0.05, 0) is 73.2 Å². The predicted molar refractivity (Wildman–Crippen MR) is 132 cm³/mol. The van der Waals surface area contributed by atoms with Crippen LogP contribution in [0.2, 0.25) is 0 Å². The fourth-order valence-electron chi connectivity index (χ4n) is 4.45. The van der Waals surface area contributed by atoms with E-state index < -0.39 is 0 Å². The highest BCUT2D eigenvalue weighted by Gasteiger charge is 2.32. The van der Waals surface area contributed by atoms with Crippen molar-refractivity contribution in [2.75, 3.05) is 23.7 Å². The third-order valence-corrected chi connectivity index (χ3v) is 6.64. The molecule has 2 aliphatic rings. The van der Waals surface area contributed by atoms with Gasteiger partial charge in [0.2, 0.25) is 11.8 Å². The second-order valence-corrected chi connectivity index (χ2v) is 9.28. The minimum atomic E-state index is -0.169. The average Bonchev–Trinajstić information content (AvgIpc) is 3.69. The number of carbonyl (C=O) groups excluding carboxylic acids is 3. The lowest BCUT2D eigenvalue weighted by Crippen LogP contribution is -2.41. The topological polar surface area (TPSA) is 91.4 Å². The van der Waals surface area contributed by atoms with Crippen LogP contribution in [0.15, 0.2) is 54.7 Å². The number of rotatable bonds is 5. The fraction of sp³-hybridized carbons (Fsp3) is 0.333. The number of benzene rings is 2. The van der Waals surface area contributed by atoms with E-state index in [1.807, 2.05) is 55.5 Å². The summed E-state index contributed by atoms with van der Waals surface area (Å²) < 4.78 is 0. The maximum atomic E-state index is 13.5. The molecule has 0 spiro atoms. The number of piperidine rings is 1. The first-order valence-electron chi connectivity index (χ1n) is 11.8. The van der Waals surface area contributed by atoms with Crippen molar-refractivity contribution in [2.24, 2.45) is 11.8 Å². The molecule has 3 aromatic rings. The summed E-state index contributed by atoms with van der Waals surface area (Å²) in [6.45, 7) is 2.93. The second kappa shape index (κ2) is 9.25. The Bertz CT molecular complexity index is 1260. The molecule has 3 amide bonds. The van der Waals surface area contributed by atoms with Crippen LogP contribution in [-0.2, 0) is 9.59 Å². The van der Waals surface area contributed by atoms with E-state index in [0.29, 0.717) is 43.0 Å². The lowest BCUT2D eigenvalue weighted by atomic mass is 9.95. The Morgan fingerprint density at radius 3 is 2.18 bits per heavy atom. The van der Waals surface area contributed by atoms with E-state index >= 15 is 0 Å². The number of nitrogens with one attached hydrogen (secondary N) is 2. The van der Waals surface area contributed by atoms with Crippen LogP contribution in [0.1, 0.15) is 41.6 Å². The van der Waals surface area contributed by atoms with Crippen molar-refractivity contribution < 1.29 is 14.4 Å². The number of pyridine rings is 1. The molecule has 0 radical (unpaired) electrons. The van der Waals surface area contributed by atoms with Crippen molar-refractivity contribution in [2.45, 2.75) is 32.6 Å². The Morgan fingerprint density at radius 2 is 1.50 bits per heavy atom. The third-order valence-electron chi connectivity index (χ3n) is 6.64. The van der Waals surface area contributed by atoms with Crippen molar-refractivity contribution in [3.05, 3.63) is 65.9 Å². The fourth-order valence-corrected chi connectivity index (χ4v) is 4.45. The summed E-state index contributed by atoms with van der Waals surface area (Å²) in [5, 5.41) is 7.81. The zero-order valence-electron chi connectivity index (χ0n) is 19.2. The van der Waals surface area contributed by atoms with E-state index in [1.165, 1.54) is 0 Å². The number of aromatic nitrogens is 1. The van der Waals surface area contributed by atoms with Gasteiger partial charge in [0.15, 0.2) is 0 Å². The first kappa shape index (κ1) is 22.1. The number of nitrogens with zero attached hydrogens (tertiary/aromatic N) is 2. The predicted octanol–water partition coefficient (Wildman–Crippen LogP) is 4.38. The van der Waals surface area contributed by atoms with Gasteiger partial charge in [-0.25, -0.2) is 4.98 Å². The van der Waals surface area contributed by atoms with Gasteiger partial charge in [0.1, 0.15) is 5.82 Å². The Balaban J connectivity index is 1.29. The van der Waals surface area contributed by atoms with Crippen molar-refractivity contribution in [3.8, 4) is 0 Å². The van der Waals surface area contributed by atoms with Crippen LogP contribution in [0.25, 0.3) is 10.8 Å². The number of anilines is 2. The van der Waals surface area contributed by atoms with Crippen LogP contribution >= 0.6 is 0 Å². The molecule has 1 saturated carbocycles. The Kier molecular flexibility index (Phi) is 6.01. The number of hydrogen-bond acceptors (Lipinski definition) is 4. The van der Waals surface area contributed by atoms with Gasteiger partial charge in [-0.3, -0.25) is 14.4 Å². The minimum Gasteiger partial charge on any atom is -0.339 e. The molecule has 1 aliphatic heterocycles. The van der Waals surface area contributed by atoms with Crippen molar-refractivity contribution in [3.63, 3.8) is 0 Å². The van der Waals surface area contributed by atoms with E-state index in [4.69, 9.17) is 0 Å². The molecular formula is C27H28N4O3. The standard InChI is InChI=1S/C27H28N4O3/c1-17-8-11-28-24(14-17)30-26(33)19-9-12-31(13-10-19)27(34)22-15-20-4-2-3-5-21(20)16-23(22)29-25(32)18-6-7-18/h2-5,8,11,14-16,18-19H,6-7,9-10,12-13H2,1H3,(H,29,32)(H,28,30,33). The summed E-state index contributed by atoms with van der Waals surface area (Å²) in [6, 6.07) is 15.3. The molecule has 34 heavy (non-hydrogen) atoms. The quantitative estimate of drug-likeness (QED) is 0.596. The Morgan fingerprint density at radius 1 is 0.853 bits per heavy atom. The molecule has 0 bridgehead atoms. The van der Waals surface area contributed by atoms with Crippen LogP contribution in [0.4, 0.5) is 11.5 Å². The first-order chi connectivity index (χ1) is 16.5. The SMILES string of the molecule is Cc1ccnc(NC(=O)C2CCN(C(=O)c3cc4ccccc4cc3NC(=O)C3CC3)CC2)c1. The zero-order valence-corrected chi connectivity index (χ0v) is 19.2. The molecule has 2 heterocycles. The van der Waals surface area contributed by atoms with E-state index in [2.05, 4.69) is 15.6 Å². The number of fused-ring (bicyclic) bond motifs is 1. The van der Waals surface area contributed by atoms with Crippen molar-refractivity contribution >= 4 is 40.0 Å². The zero-order chi connectivity index (χ0) is 23.7. The molecular weight excluding hydrogens is 428 g/mol. The summed E-state index contributed by atoms with van der Waals surface area (Å²) in [5.74, 6) is 0.230. The highest BCUT2D eigenvalue weighted by atomic mass is 16.2. The number of hydrogen-bond donors (Lipinski definition) is 2. The largest absolute Gasteiger partial charge is 0.339 e. The Hall–Kier alpha value is -3.74. The van der Waals surface area contributed by atoms with Gasteiger partial charge >= 0.3 is 0 Å². The number of amides is 3. The number of aryl methyl sites for hydroxylation is 1. The van der Waals surface area contributed by atoms with Crippen LogP contribution in [0.3, 0.4) is 0 Å². The molecule has 2 N–H and O–H groups in total. The molecule has 5 rings (SSSR count). The molecule has 2 fully saturated rings. The number of carbonyl (C=O) groups is 3. The van der Waals surface area contributed by atoms with E-state index in [1.54, 1.807) is 11.1 Å². The normalized spacial score (nSPS) is 16.3. The molecule has 7 nitrogen and oxygen atoms in total. The first-order valence-corrected chi connectivity index (χ1v) is 11.8. The third kappa shape index (κ3) is 4.78. The van der Waals surface area contributed by atoms with Gasteiger partial charge in [0, 0.05) is 31.1 Å². The molecule has 1 aliphatic carbocycles. The molecule has 0 atom stereocenters. The minimum absolute atomic E-state index is 0.0236. The summed E-state index contributed by atoms with van der Waals surface area (Å²) in [7, 11) is 0. The summed E-state index contributed by atoms with van der Waals surface area (Å²) in [5.41, 5.74) is 2.09. The van der Waals surface area contributed by atoms with Gasteiger partial charge in [0.05, 0.1) is 11.3 Å². The van der Waals surface area contributed by atoms with Gasteiger partial charge in [-0.15, -0.1) is 0 Å². The molecule has 7 heteroatoms. The van der Waals surface area contributed by atoms with Gasteiger partial charge in [0.25, 0.3) is 5.91 Å². The maximum Gasteiger partial charge on any atom is 0.255 e. The van der Waals surface area contributed by atoms with Gasteiger partial charge in [-0.2, -0.15) is 0 Å². The lowest BCUT2D eigenvalue weighted by Gasteiger charge is -2.32. The smallest absolute Gasteiger partial charge is 0.255 e. The van der Waals surface area contributed by atoms with Gasteiger partial charge < -0.3 is 15.5 Å². The van der Waals surface area contributed by atoms with Crippen LogP contribution < -0.4 is 10.6 Å². The van der Waals surface area contributed by atoms with E-state index in [9.17, 15) is 14.4 Å². The summed E-state index contributed by atoms with van der Waals surface area (Å²) in [6.07, 6.45) is 4.64. The van der Waals surface area contributed by atoms with E-state index in [-0.39, 0.29) is 29.6 Å².